The number of hydrogen-bond acceptors (Lipinski definition) is 5. The second-order valence-electron chi connectivity index (χ2n) is 4.66. The van der Waals surface area contributed by atoms with Gasteiger partial charge in [-0.1, -0.05) is 0 Å². The van der Waals surface area contributed by atoms with Crippen molar-refractivity contribution in [3.63, 3.8) is 0 Å². The molecular weight excluding hydrogens is 302 g/mol. The summed E-state index contributed by atoms with van der Waals surface area (Å²) in [6.45, 7) is 2.78. The molecule has 3 N–H and O–H groups in total. The lowest BCUT2D eigenvalue weighted by Gasteiger charge is -2.15. The van der Waals surface area contributed by atoms with Gasteiger partial charge in [0.1, 0.15) is 0 Å². The Morgan fingerprint density at radius 3 is 2.18 bits per heavy atom. The fourth-order valence-electron chi connectivity index (χ4n) is 1.75. The van der Waals surface area contributed by atoms with Gasteiger partial charge in [-0.25, -0.2) is 17.6 Å². The second-order valence-corrected chi connectivity index (χ2v) is 4.66. The molecule has 22 heavy (non-hydrogen) atoms. The molecule has 0 saturated carbocycles. The molecule has 0 radical (unpaired) electrons. The van der Waals surface area contributed by atoms with Gasteiger partial charge in [0.05, 0.1) is 6.04 Å². The smallest absolute Gasteiger partial charge is 0.228 e. The average molecular weight is 315 g/mol. The third-order valence-corrected chi connectivity index (χ3v) is 2.88. The molecule has 118 valence electrons. The van der Waals surface area contributed by atoms with Gasteiger partial charge >= 0.3 is 0 Å². The Kier molecular flexibility index (Phi) is 4.43. The third kappa shape index (κ3) is 3.41. The molecule has 0 spiro atoms. The van der Waals surface area contributed by atoms with E-state index < -0.39 is 29.7 Å². The maximum atomic E-state index is 13.2. The van der Waals surface area contributed by atoms with Crippen molar-refractivity contribution in [2.45, 2.75) is 26.1 Å². The number of nitrogens with zero attached hydrogens (tertiary/aromatic N) is 3. The number of alkyl halides is 1. The molecule has 2 rings (SSSR count). The van der Waals surface area contributed by atoms with Crippen molar-refractivity contribution in [3.8, 4) is 0 Å². The first kappa shape index (κ1) is 15.9. The molecule has 5 nitrogen and oxygen atoms in total. The molecule has 1 aromatic heterocycles. The van der Waals surface area contributed by atoms with E-state index in [9.17, 15) is 17.6 Å². The maximum absolute atomic E-state index is 13.2. The van der Waals surface area contributed by atoms with Crippen LogP contribution in [0.2, 0.25) is 0 Å². The molecule has 0 amide bonds. The third-order valence-electron chi connectivity index (χ3n) is 2.88. The number of anilines is 2. The Balaban J connectivity index is 2.27. The summed E-state index contributed by atoms with van der Waals surface area (Å²) in [5.74, 6) is -4.58. The normalized spacial score (nSPS) is 13.7. The lowest BCUT2D eigenvalue weighted by Crippen LogP contribution is -2.14. The van der Waals surface area contributed by atoms with Gasteiger partial charge in [-0.3, -0.25) is 0 Å². The first-order valence-corrected chi connectivity index (χ1v) is 6.34. The van der Waals surface area contributed by atoms with Crippen LogP contribution in [0, 0.1) is 17.5 Å². The zero-order valence-electron chi connectivity index (χ0n) is 11.7. The standard InChI is InChI=1S/C13H13F4N5/c1-5(14)11-20-12(18)22-13(21-11)19-6(2)7-3-8(15)10(17)9(16)4-7/h3-6H,1-2H3,(H3,18,19,20,21,22). The second kappa shape index (κ2) is 6.12. The van der Waals surface area contributed by atoms with Crippen LogP contribution in [0.1, 0.15) is 37.4 Å². The highest BCUT2D eigenvalue weighted by Crippen LogP contribution is 2.22. The van der Waals surface area contributed by atoms with E-state index in [-0.39, 0.29) is 23.3 Å². The predicted molar refractivity (Wildman–Crippen MR) is 72.1 cm³/mol. The van der Waals surface area contributed by atoms with E-state index in [4.69, 9.17) is 5.73 Å². The first-order valence-electron chi connectivity index (χ1n) is 6.34. The summed E-state index contributed by atoms with van der Waals surface area (Å²) >= 11 is 0. The Morgan fingerprint density at radius 1 is 1.05 bits per heavy atom. The summed E-state index contributed by atoms with van der Waals surface area (Å²) in [6, 6.07) is 1.02. The number of nitrogen functional groups attached to an aromatic ring is 1. The van der Waals surface area contributed by atoms with Crippen LogP contribution in [-0.2, 0) is 0 Å². The highest BCUT2D eigenvalue weighted by Gasteiger charge is 2.16. The Morgan fingerprint density at radius 2 is 1.64 bits per heavy atom. The molecule has 2 atom stereocenters. The molecule has 9 heteroatoms. The van der Waals surface area contributed by atoms with E-state index in [0.29, 0.717) is 0 Å². The summed E-state index contributed by atoms with van der Waals surface area (Å²) in [5.41, 5.74) is 5.57. The number of rotatable bonds is 4. The molecule has 2 unspecified atom stereocenters. The zero-order chi connectivity index (χ0) is 16.4. The van der Waals surface area contributed by atoms with Crippen molar-refractivity contribution in [1.82, 2.24) is 15.0 Å². The molecule has 2 aromatic rings. The van der Waals surface area contributed by atoms with E-state index in [1.54, 1.807) is 6.92 Å². The number of benzene rings is 1. The van der Waals surface area contributed by atoms with Gasteiger partial charge in [-0.2, -0.15) is 15.0 Å². The number of nitrogens with two attached hydrogens (primary N) is 1. The molecule has 0 fully saturated rings. The van der Waals surface area contributed by atoms with Crippen LogP contribution in [0.3, 0.4) is 0 Å². The van der Waals surface area contributed by atoms with Crippen LogP contribution in [-0.4, -0.2) is 15.0 Å². The van der Waals surface area contributed by atoms with Gasteiger partial charge in [0.2, 0.25) is 11.9 Å². The number of hydrogen-bond donors (Lipinski definition) is 2. The van der Waals surface area contributed by atoms with Crippen molar-refractivity contribution in [2.75, 3.05) is 11.1 Å². The van der Waals surface area contributed by atoms with Crippen molar-refractivity contribution in [1.29, 1.82) is 0 Å². The van der Waals surface area contributed by atoms with Gasteiger partial charge in [-0.15, -0.1) is 0 Å². The monoisotopic (exact) mass is 315 g/mol. The minimum atomic E-state index is -1.55. The van der Waals surface area contributed by atoms with Gasteiger partial charge in [0.15, 0.2) is 29.4 Å². The SMILES string of the molecule is CC(F)c1nc(N)nc(NC(C)c2cc(F)c(F)c(F)c2)n1. The molecule has 1 aromatic carbocycles. The maximum Gasteiger partial charge on any atom is 0.228 e. The molecule has 0 aliphatic carbocycles. The van der Waals surface area contributed by atoms with Crippen LogP contribution in [0.25, 0.3) is 0 Å². The summed E-state index contributed by atoms with van der Waals surface area (Å²) in [4.78, 5) is 11.2. The van der Waals surface area contributed by atoms with E-state index in [2.05, 4.69) is 20.3 Å². The average Bonchev–Trinajstić information content (AvgIpc) is 2.43. The van der Waals surface area contributed by atoms with Gasteiger partial charge in [0, 0.05) is 0 Å². The van der Waals surface area contributed by atoms with Crippen molar-refractivity contribution >= 4 is 11.9 Å². The van der Waals surface area contributed by atoms with Crippen molar-refractivity contribution in [3.05, 3.63) is 41.0 Å². The lowest BCUT2D eigenvalue weighted by molar-refractivity contribution is 0.356. The van der Waals surface area contributed by atoms with Crippen LogP contribution in [0.15, 0.2) is 12.1 Å². The van der Waals surface area contributed by atoms with Crippen LogP contribution < -0.4 is 11.1 Å². The highest BCUT2D eigenvalue weighted by atomic mass is 19.2. The predicted octanol–water partition coefficient (Wildman–Crippen LogP) is 3.07. The van der Waals surface area contributed by atoms with Crippen molar-refractivity contribution < 1.29 is 17.6 Å². The van der Waals surface area contributed by atoms with E-state index in [1.807, 2.05) is 0 Å². The summed E-state index contributed by atoms with van der Waals surface area (Å²) in [5, 5.41) is 2.70. The largest absolute Gasteiger partial charge is 0.368 e. The van der Waals surface area contributed by atoms with Crippen molar-refractivity contribution in [2.24, 2.45) is 0 Å². The van der Waals surface area contributed by atoms with Gasteiger partial charge in [0.25, 0.3) is 0 Å². The Hall–Kier alpha value is -2.45. The summed E-state index contributed by atoms with van der Waals surface area (Å²) in [7, 11) is 0. The van der Waals surface area contributed by atoms with Gasteiger partial charge < -0.3 is 11.1 Å². The topological polar surface area (TPSA) is 76.7 Å². The van der Waals surface area contributed by atoms with E-state index in [0.717, 1.165) is 12.1 Å². The van der Waals surface area contributed by atoms with E-state index in [1.165, 1.54) is 6.92 Å². The van der Waals surface area contributed by atoms with Crippen LogP contribution >= 0.6 is 0 Å². The van der Waals surface area contributed by atoms with E-state index >= 15 is 0 Å². The highest BCUT2D eigenvalue weighted by molar-refractivity contribution is 5.36. The Bertz CT molecular complexity index is 669. The lowest BCUT2D eigenvalue weighted by atomic mass is 10.1. The molecule has 0 aliphatic heterocycles. The molecule has 0 bridgehead atoms. The van der Waals surface area contributed by atoms with Gasteiger partial charge in [-0.05, 0) is 31.5 Å². The molecule has 0 aliphatic rings. The number of nitrogens with one attached hydrogen (secondary N) is 1. The van der Waals surface area contributed by atoms with Crippen LogP contribution in [0.5, 0.6) is 0 Å². The molecule has 1 heterocycles. The molecule has 0 saturated heterocycles. The summed E-state index contributed by atoms with van der Waals surface area (Å²) in [6.07, 6.45) is -1.46. The fourth-order valence-corrected chi connectivity index (χ4v) is 1.75. The quantitative estimate of drug-likeness (QED) is 0.670. The number of aromatic nitrogens is 3. The zero-order valence-corrected chi connectivity index (χ0v) is 11.7. The minimum Gasteiger partial charge on any atom is -0.368 e. The first-order chi connectivity index (χ1) is 10.3. The van der Waals surface area contributed by atoms with Crippen LogP contribution in [0.4, 0.5) is 29.5 Å². The minimum absolute atomic E-state index is 0.0513. The Labute approximate surface area is 123 Å². The number of halogens is 4. The summed E-state index contributed by atoms with van der Waals surface area (Å²) < 4.78 is 52.6. The fraction of sp³-hybridized carbons (Fsp3) is 0.308. The molecular formula is C13H13F4N5.